The fraction of sp³-hybridized carbons (Fsp3) is 0.273. The lowest BCUT2D eigenvalue weighted by atomic mass is 10.3. The number of ether oxygens (including phenoxy) is 4. The molecule has 8 heteroatoms. The van der Waals surface area contributed by atoms with Crippen molar-refractivity contribution >= 4 is 23.9 Å². The van der Waals surface area contributed by atoms with Gasteiger partial charge in [0.25, 0.3) is 0 Å². The Bertz CT molecular complexity index is 790. The molecule has 0 aliphatic rings. The number of benzene rings is 2. The second-order valence-electron chi connectivity index (χ2n) is 6.23. The number of hydrogen-bond donors (Lipinski definition) is 0. The monoisotopic (exact) mass is 414 g/mol. The predicted octanol–water partition coefficient (Wildman–Crippen LogP) is 2.84. The number of carbonyl (C=O) groups is 4. The fourth-order valence-electron chi connectivity index (χ4n) is 2.19. The molecule has 0 heterocycles. The van der Waals surface area contributed by atoms with Gasteiger partial charge in [0.2, 0.25) is 0 Å². The minimum atomic E-state index is -1.14. The quantitative estimate of drug-likeness (QED) is 0.456. The summed E-state index contributed by atoms with van der Waals surface area (Å²) in [6.45, 7) is 2.73. The molecule has 0 aromatic heterocycles. The van der Waals surface area contributed by atoms with E-state index in [2.05, 4.69) is 0 Å². The van der Waals surface area contributed by atoms with E-state index in [1.165, 1.54) is 13.8 Å². The van der Waals surface area contributed by atoms with E-state index >= 15 is 0 Å². The summed E-state index contributed by atoms with van der Waals surface area (Å²) in [6, 6.07) is 16.7. The largest absolute Gasteiger partial charge is 0.451 e. The predicted molar refractivity (Wildman–Crippen MR) is 104 cm³/mol. The molecule has 0 saturated heterocycles. The van der Waals surface area contributed by atoms with Gasteiger partial charge < -0.3 is 18.9 Å². The first-order valence-electron chi connectivity index (χ1n) is 9.27. The van der Waals surface area contributed by atoms with Crippen LogP contribution in [0.5, 0.6) is 11.5 Å². The van der Waals surface area contributed by atoms with Gasteiger partial charge in [0.05, 0.1) is 12.8 Å². The standard InChI is InChI=1S/C22H22O8/c1-15(21(25)29-17-9-5-3-6-10-17)27-19(23)13-14-20(24)28-16(2)22(26)30-18-11-7-4-8-12-18/h3-12,15-16H,13-14H2,1-2H3. The molecule has 158 valence electrons. The highest BCUT2D eigenvalue weighted by atomic mass is 16.6. The molecule has 0 aliphatic heterocycles. The first kappa shape index (κ1) is 22.6. The number of carbonyl (C=O) groups excluding carboxylic acids is 4. The van der Waals surface area contributed by atoms with Crippen LogP contribution in [0, 0.1) is 0 Å². The van der Waals surface area contributed by atoms with E-state index in [0.29, 0.717) is 11.5 Å². The maximum atomic E-state index is 11.9. The second-order valence-corrected chi connectivity index (χ2v) is 6.23. The van der Waals surface area contributed by atoms with Gasteiger partial charge in [0, 0.05) is 0 Å². The lowest BCUT2D eigenvalue weighted by molar-refractivity contribution is -0.165. The molecule has 0 saturated carbocycles. The SMILES string of the molecule is CC(OC(=O)CCC(=O)OC(C)C(=O)Oc1ccccc1)C(=O)Oc1ccccc1. The topological polar surface area (TPSA) is 105 Å². The van der Waals surface area contributed by atoms with Gasteiger partial charge in [-0.2, -0.15) is 0 Å². The molecule has 2 atom stereocenters. The van der Waals surface area contributed by atoms with Crippen LogP contribution in [0.25, 0.3) is 0 Å². The Morgan fingerprint density at radius 3 is 1.30 bits per heavy atom. The Kier molecular flexibility index (Phi) is 8.56. The zero-order chi connectivity index (χ0) is 21.9. The lowest BCUT2D eigenvalue weighted by Gasteiger charge is -2.14. The summed E-state index contributed by atoms with van der Waals surface area (Å²) in [6.07, 6.45) is -2.92. The number of rotatable bonds is 9. The van der Waals surface area contributed by atoms with Crippen LogP contribution < -0.4 is 9.47 Å². The highest BCUT2D eigenvalue weighted by molar-refractivity contribution is 5.84. The van der Waals surface area contributed by atoms with Crippen LogP contribution in [0.1, 0.15) is 26.7 Å². The van der Waals surface area contributed by atoms with Gasteiger partial charge in [-0.3, -0.25) is 9.59 Å². The van der Waals surface area contributed by atoms with Crippen molar-refractivity contribution in [3.05, 3.63) is 60.7 Å². The Balaban J connectivity index is 1.69. The molecule has 0 N–H and O–H groups in total. The van der Waals surface area contributed by atoms with Gasteiger partial charge in [-0.05, 0) is 38.1 Å². The summed E-state index contributed by atoms with van der Waals surface area (Å²) in [7, 11) is 0. The molecule has 30 heavy (non-hydrogen) atoms. The van der Waals surface area contributed by atoms with Crippen LogP contribution in [-0.4, -0.2) is 36.1 Å². The number of para-hydroxylation sites is 2. The minimum Gasteiger partial charge on any atom is -0.451 e. The maximum Gasteiger partial charge on any atom is 0.352 e. The van der Waals surface area contributed by atoms with Crippen molar-refractivity contribution in [3.8, 4) is 11.5 Å². The van der Waals surface area contributed by atoms with Crippen LogP contribution in [0.2, 0.25) is 0 Å². The lowest BCUT2D eigenvalue weighted by Crippen LogP contribution is -2.30. The van der Waals surface area contributed by atoms with Crippen LogP contribution in [-0.2, 0) is 28.7 Å². The fourth-order valence-corrected chi connectivity index (χ4v) is 2.19. The smallest absolute Gasteiger partial charge is 0.352 e. The zero-order valence-electron chi connectivity index (χ0n) is 16.6. The number of hydrogen-bond acceptors (Lipinski definition) is 8. The second kappa shape index (κ2) is 11.4. The van der Waals surface area contributed by atoms with E-state index in [4.69, 9.17) is 18.9 Å². The van der Waals surface area contributed by atoms with Gasteiger partial charge in [-0.15, -0.1) is 0 Å². The first-order chi connectivity index (χ1) is 14.3. The summed E-state index contributed by atoms with van der Waals surface area (Å²) >= 11 is 0. The Morgan fingerprint density at radius 2 is 0.967 bits per heavy atom. The molecular formula is C22H22O8. The average molecular weight is 414 g/mol. The Morgan fingerprint density at radius 1 is 0.633 bits per heavy atom. The third-order valence-corrected chi connectivity index (χ3v) is 3.74. The third kappa shape index (κ3) is 7.75. The van der Waals surface area contributed by atoms with Gasteiger partial charge >= 0.3 is 23.9 Å². The molecule has 0 fully saturated rings. The molecule has 2 aromatic rings. The van der Waals surface area contributed by atoms with Gasteiger partial charge in [-0.1, -0.05) is 36.4 Å². The molecular weight excluding hydrogens is 392 g/mol. The zero-order valence-corrected chi connectivity index (χ0v) is 16.6. The van der Waals surface area contributed by atoms with Gasteiger partial charge in [-0.25, -0.2) is 9.59 Å². The third-order valence-electron chi connectivity index (χ3n) is 3.74. The molecule has 0 radical (unpaired) electrons. The van der Waals surface area contributed by atoms with Crippen LogP contribution >= 0.6 is 0 Å². The molecule has 2 aromatic carbocycles. The van der Waals surface area contributed by atoms with E-state index < -0.39 is 36.1 Å². The van der Waals surface area contributed by atoms with Crippen molar-refractivity contribution in [3.63, 3.8) is 0 Å². The molecule has 0 amide bonds. The highest BCUT2D eigenvalue weighted by Crippen LogP contribution is 2.12. The summed E-state index contributed by atoms with van der Waals surface area (Å²) < 4.78 is 20.0. The maximum absolute atomic E-state index is 11.9. The molecule has 0 aliphatic carbocycles. The molecule has 2 rings (SSSR count). The van der Waals surface area contributed by atoms with Gasteiger partial charge in [0.1, 0.15) is 11.5 Å². The summed E-state index contributed by atoms with van der Waals surface area (Å²) in [5.41, 5.74) is 0. The van der Waals surface area contributed by atoms with E-state index in [1.807, 2.05) is 0 Å². The highest BCUT2D eigenvalue weighted by Gasteiger charge is 2.23. The van der Waals surface area contributed by atoms with E-state index in [1.54, 1.807) is 60.7 Å². The first-order valence-corrected chi connectivity index (χ1v) is 9.27. The molecule has 8 nitrogen and oxygen atoms in total. The Labute approximate surface area is 173 Å². The average Bonchev–Trinajstić information content (AvgIpc) is 2.73. The van der Waals surface area contributed by atoms with Crippen molar-refractivity contribution < 1.29 is 38.1 Å². The molecule has 0 bridgehead atoms. The summed E-state index contributed by atoms with van der Waals surface area (Å²) in [4.78, 5) is 47.5. The summed E-state index contributed by atoms with van der Waals surface area (Å²) in [5, 5.41) is 0. The van der Waals surface area contributed by atoms with E-state index in [0.717, 1.165) is 0 Å². The van der Waals surface area contributed by atoms with Crippen LogP contribution in [0.15, 0.2) is 60.7 Å². The van der Waals surface area contributed by atoms with E-state index in [-0.39, 0.29) is 12.8 Å². The number of esters is 4. The minimum absolute atomic E-state index is 0.317. The van der Waals surface area contributed by atoms with Crippen LogP contribution in [0.4, 0.5) is 0 Å². The summed E-state index contributed by atoms with van der Waals surface area (Å²) in [5.74, 6) is -2.38. The van der Waals surface area contributed by atoms with Crippen LogP contribution in [0.3, 0.4) is 0 Å². The van der Waals surface area contributed by atoms with Gasteiger partial charge in [0.15, 0.2) is 12.2 Å². The van der Waals surface area contributed by atoms with Crippen molar-refractivity contribution in [2.75, 3.05) is 0 Å². The van der Waals surface area contributed by atoms with Crippen molar-refractivity contribution in [2.24, 2.45) is 0 Å². The normalized spacial score (nSPS) is 12.2. The Hall–Kier alpha value is -3.68. The molecule has 0 spiro atoms. The van der Waals surface area contributed by atoms with Crippen molar-refractivity contribution in [1.82, 2.24) is 0 Å². The van der Waals surface area contributed by atoms with Crippen molar-refractivity contribution in [1.29, 1.82) is 0 Å². The molecule has 2 unspecified atom stereocenters. The van der Waals surface area contributed by atoms with E-state index in [9.17, 15) is 19.2 Å². The van der Waals surface area contributed by atoms with Crippen molar-refractivity contribution in [2.45, 2.75) is 38.9 Å².